The molecule has 0 saturated heterocycles. The number of rotatable bonds is 4. The van der Waals surface area contributed by atoms with Gasteiger partial charge in [0.1, 0.15) is 0 Å². The summed E-state index contributed by atoms with van der Waals surface area (Å²) in [5, 5.41) is 3.36. The Kier molecular flexibility index (Phi) is 4.31. The van der Waals surface area contributed by atoms with Crippen molar-refractivity contribution >= 4 is 33.9 Å². The molecule has 2 rings (SSSR count). The van der Waals surface area contributed by atoms with Gasteiger partial charge in [-0.25, -0.2) is 0 Å². The molecular formula is C12H13IN2S. The Balaban J connectivity index is 2.16. The van der Waals surface area contributed by atoms with Gasteiger partial charge in [0.2, 0.25) is 0 Å². The van der Waals surface area contributed by atoms with Gasteiger partial charge in [-0.2, -0.15) is 0 Å². The topological polar surface area (TPSA) is 24.9 Å². The van der Waals surface area contributed by atoms with Crippen molar-refractivity contribution in [3.05, 3.63) is 50.0 Å². The van der Waals surface area contributed by atoms with E-state index in [4.69, 9.17) is 0 Å². The van der Waals surface area contributed by atoms with Crippen molar-refractivity contribution < 1.29 is 0 Å². The molecular weight excluding hydrogens is 331 g/mol. The van der Waals surface area contributed by atoms with Crippen molar-refractivity contribution in [1.29, 1.82) is 0 Å². The molecule has 16 heavy (non-hydrogen) atoms. The Morgan fingerprint density at radius 2 is 2.38 bits per heavy atom. The van der Waals surface area contributed by atoms with Gasteiger partial charge in [0, 0.05) is 27.1 Å². The van der Waals surface area contributed by atoms with E-state index in [0.717, 1.165) is 6.42 Å². The summed E-state index contributed by atoms with van der Waals surface area (Å²) in [5.41, 5.74) is 3.22. The summed E-state index contributed by atoms with van der Waals surface area (Å²) in [7, 11) is 2.01. The van der Waals surface area contributed by atoms with Crippen LogP contribution in [-0.2, 0) is 6.42 Å². The monoisotopic (exact) mass is 344 g/mol. The molecule has 84 valence electrons. The largest absolute Gasteiger partial charge is 0.313 e. The number of thiazole rings is 1. The van der Waals surface area contributed by atoms with E-state index in [2.05, 4.69) is 57.2 Å². The molecule has 2 nitrogen and oxygen atoms in total. The average molecular weight is 344 g/mol. The van der Waals surface area contributed by atoms with Gasteiger partial charge < -0.3 is 5.32 Å². The predicted molar refractivity (Wildman–Crippen MR) is 76.8 cm³/mol. The lowest BCUT2D eigenvalue weighted by Gasteiger charge is -2.15. The van der Waals surface area contributed by atoms with Gasteiger partial charge in [0.05, 0.1) is 5.51 Å². The lowest BCUT2D eigenvalue weighted by molar-refractivity contribution is 0.596. The normalized spacial score (nSPS) is 12.6. The SMILES string of the molecule is CNC(Cc1cncs1)c1cccc(I)c1. The summed E-state index contributed by atoms with van der Waals surface area (Å²) in [5.74, 6) is 0. The van der Waals surface area contributed by atoms with Gasteiger partial charge in [-0.1, -0.05) is 12.1 Å². The first-order chi connectivity index (χ1) is 7.79. The molecule has 0 aliphatic heterocycles. The van der Waals surface area contributed by atoms with Crippen molar-refractivity contribution in [2.45, 2.75) is 12.5 Å². The van der Waals surface area contributed by atoms with Gasteiger partial charge in [-0.15, -0.1) is 11.3 Å². The molecule has 4 heteroatoms. The number of halogens is 1. The van der Waals surface area contributed by atoms with Crippen LogP contribution in [0.15, 0.2) is 36.0 Å². The highest BCUT2D eigenvalue weighted by Gasteiger charge is 2.10. The zero-order valence-corrected chi connectivity index (χ0v) is 12.0. The molecule has 0 spiro atoms. The van der Waals surface area contributed by atoms with Crippen LogP contribution in [0.1, 0.15) is 16.5 Å². The van der Waals surface area contributed by atoms with E-state index in [0.29, 0.717) is 6.04 Å². The molecule has 0 amide bonds. The molecule has 1 aromatic carbocycles. The Morgan fingerprint density at radius 3 is 3.00 bits per heavy atom. The van der Waals surface area contributed by atoms with Crippen LogP contribution < -0.4 is 5.32 Å². The van der Waals surface area contributed by atoms with Crippen LogP contribution >= 0.6 is 33.9 Å². The molecule has 1 unspecified atom stereocenters. The predicted octanol–water partition coefficient (Wildman–Crippen LogP) is 3.25. The second-order valence-corrected chi connectivity index (χ2v) is 5.78. The summed E-state index contributed by atoms with van der Waals surface area (Å²) >= 11 is 4.06. The number of likely N-dealkylation sites (N-methyl/N-ethyl adjacent to an activating group) is 1. The maximum Gasteiger partial charge on any atom is 0.0794 e. The lowest BCUT2D eigenvalue weighted by Crippen LogP contribution is -2.18. The maximum absolute atomic E-state index is 4.11. The quantitative estimate of drug-likeness (QED) is 0.862. The van der Waals surface area contributed by atoms with E-state index in [1.165, 1.54) is 14.0 Å². The smallest absolute Gasteiger partial charge is 0.0794 e. The number of benzene rings is 1. The Bertz CT molecular complexity index is 442. The standard InChI is InChI=1S/C12H13IN2S/c1-14-12(6-11-7-15-8-16-11)9-3-2-4-10(13)5-9/h2-5,7-8,12,14H,6H2,1H3. The average Bonchev–Trinajstić information content (AvgIpc) is 2.78. The summed E-state index contributed by atoms with van der Waals surface area (Å²) in [4.78, 5) is 5.43. The third kappa shape index (κ3) is 3.02. The number of nitrogens with zero attached hydrogens (tertiary/aromatic N) is 1. The third-order valence-corrected chi connectivity index (χ3v) is 3.96. The molecule has 0 aliphatic rings. The molecule has 1 heterocycles. The van der Waals surface area contributed by atoms with E-state index in [9.17, 15) is 0 Å². The maximum atomic E-state index is 4.11. The number of nitrogens with one attached hydrogen (secondary N) is 1. The minimum Gasteiger partial charge on any atom is -0.313 e. The summed E-state index contributed by atoms with van der Waals surface area (Å²) in [6.07, 6.45) is 2.95. The number of hydrogen-bond donors (Lipinski definition) is 1. The van der Waals surface area contributed by atoms with Crippen LogP contribution in [0.4, 0.5) is 0 Å². The minimum absolute atomic E-state index is 0.371. The van der Waals surface area contributed by atoms with Crippen molar-refractivity contribution in [3.63, 3.8) is 0 Å². The second-order valence-electron chi connectivity index (χ2n) is 3.57. The van der Waals surface area contributed by atoms with Gasteiger partial charge >= 0.3 is 0 Å². The zero-order chi connectivity index (χ0) is 11.4. The molecule has 0 saturated carbocycles. The molecule has 0 aliphatic carbocycles. The lowest BCUT2D eigenvalue weighted by atomic mass is 10.0. The Hall–Kier alpha value is -0.460. The fraction of sp³-hybridized carbons (Fsp3) is 0.250. The van der Waals surface area contributed by atoms with Gasteiger partial charge in [-0.3, -0.25) is 4.98 Å². The van der Waals surface area contributed by atoms with Crippen molar-refractivity contribution in [2.24, 2.45) is 0 Å². The summed E-state index contributed by atoms with van der Waals surface area (Å²) in [6.45, 7) is 0. The molecule has 1 aromatic heterocycles. The minimum atomic E-state index is 0.371. The molecule has 0 bridgehead atoms. The summed E-state index contributed by atoms with van der Waals surface area (Å²) < 4.78 is 1.28. The van der Waals surface area contributed by atoms with Crippen LogP contribution in [0.5, 0.6) is 0 Å². The van der Waals surface area contributed by atoms with Gasteiger partial charge in [0.15, 0.2) is 0 Å². The van der Waals surface area contributed by atoms with Crippen LogP contribution in [0, 0.1) is 3.57 Å². The number of hydrogen-bond acceptors (Lipinski definition) is 3. The highest BCUT2D eigenvalue weighted by molar-refractivity contribution is 14.1. The van der Waals surface area contributed by atoms with E-state index in [1.807, 2.05) is 18.8 Å². The first-order valence-electron chi connectivity index (χ1n) is 5.09. The van der Waals surface area contributed by atoms with E-state index in [-0.39, 0.29) is 0 Å². The van der Waals surface area contributed by atoms with Crippen LogP contribution in [0.3, 0.4) is 0 Å². The van der Waals surface area contributed by atoms with Crippen LogP contribution in [0.2, 0.25) is 0 Å². The van der Waals surface area contributed by atoms with E-state index in [1.54, 1.807) is 11.3 Å². The first kappa shape index (κ1) is 12.0. The molecule has 1 atom stereocenters. The highest BCUT2D eigenvalue weighted by atomic mass is 127. The van der Waals surface area contributed by atoms with E-state index < -0.39 is 0 Å². The number of aromatic nitrogens is 1. The van der Waals surface area contributed by atoms with Gasteiger partial charge in [-0.05, 0) is 47.3 Å². The first-order valence-corrected chi connectivity index (χ1v) is 7.05. The third-order valence-electron chi connectivity index (χ3n) is 2.49. The second kappa shape index (κ2) is 5.75. The van der Waals surface area contributed by atoms with Crippen molar-refractivity contribution in [1.82, 2.24) is 10.3 Å². The molecule has 0 radical (unpaired) electrons. The fourth-order valence-electron chi connectivity index (χ4n) is 1.65. The van der Waals surface area contributed by atoms with E-state index >= 15 is 0 Å². The van der Waals surface area contributed by atoms with Crippen LogP contribution in [-0.4, -0.2) is 12.0 Å². The summed E-state index contributed by atoms with van der Waals surface area (Å²) in [6, 6.07) is 8.99. The van der Waals surface area contributed by atoms with Gasteiger partial charge in [0.25, 0.3) is 0 Å². The Morgan fingerprint density at radius 1 is 1.50 bits per heavy atom. The Labute approximate surface area is 113 Å². The molecule has 1 N–H and O–H groups in total. The van der Waals surface area contributed by atoms with Crippen LogP contribution in [0.25, 0.3) is 0 Å². The molecule has 2 aromatic rings. The molecule has 0 fully saturated rings. The van der Waals surface area contributed by atoms with Crippen molar-refractivity contribution in [2.75, 3.05) is 7.05 Å². The fourth-order valence-corrected chi connectivity index (χ4v) is 2.86. The van der Waals surface area contributed by atoms with Crippen molar-refractivity contribution in [3.8, 4) is 0 Å². The highest BCUT2D eigenvalue weighted by Crippen LogP contribution is 2.21. The zero-order valence-electron chi connectivity index (χ0n) is 8.98.